The Morgan fingerprint density at radius 3 is 3.05 bits per heavy atom. The van der Waals surface area contributed by atoms with Gasteiger partial charge in [0.25, 0.3) is 0 Å². The normalized spacial score (nSPS) is 24.1. The van der Waals surface area contributed by atoms with E-state index in [1.165, 1.54) is 23.3 Å². The van der Waals surface area contributed by atoms with E-state index in [1.807, 2.05) is 11.3 Å². The maximum absolute atomic E-state index is 12.6. The molecule has 2 N–H and O–H groups in total. The Balaban J connectivity index is 1.83. The predicted octanol–water partition coefficient (Wildman–Crippen LogP) is 2.71. The molecule has 0 aromatic carbocycles. The minimum Gasteiger partial charge on any atom is -0.334 e. The van der Waals surface area contributed by atoms with Gasteiger partial charge in [-0.15, -0.1) is 11.3 Å². The van der Waals surface area contributed by atoms with Gasteiger partial charge in [0, 0.05) is 11.4 Å². The van der Waals surface area contributed by atoms with Gasteiger partial charge in [0.15, 0.2) is 0 Å². The van der Waals surface area contributed by atoms with Gasteiger partial charge in [0.2, 0.25) is 5.91 Å². The minimum absolute atomic E-state index is 0.163. The van der Waals surface area contributed by atoms with Crippen LogP contribution in [-0.2, 0) is 11.2 Å². The topological polar surface area (TPSA) is 46.3 Å². The van der Waals surface area contributed by atoms with Gasteiger partial charge in [0.05, 0.1) is 12.1 Å². The molecule has 0 saturated heterocycles. The number of hydrogen-bond donors (Lipinski definition) is 1. The quantitative estimate of drug-likeness (QED) is 0.920. The molecule has 1 aliphatic heterocycles. The maximum atomic E-state index is 12.6. The Morgan fingerprint density at radius 1 is 1.58 bits per heavy atom. The van der Waals surface area contributed by atoms with E-state index in [9.17, 15) is 4.79 Å². The molecule has 104 valence electrons. The molecule has 1 saturated carbocycles. The zero-order chi connectivity index (χ0) is 13.4. The number of amides is 1. The summed E-state index contributed by atoms with van der Waals surface area (Å²) in [6, 6.07) is 2.21. The van der Waals surface area contributed by atoms with E-state index in [-0.39, 0.29) is 11.9 Å². The predicted molar refractivity (Wildman–Crippen MR) is 78.1 cm³/mol. The van der Waals surface area contributed by atoms with Gasteiger partial charge < -0.3 is 10.6 Å². The molecule has 4 heteroatoms. The van der Waals surface area contributed by atoms with Crippen LogP contribution in [0.3, 0.4) is 0 Å². The van der Waals surface area contributed by atoms with Gasteiger partial charge in [-0.1, -0.05) is 13.3 Å². The van der Waals surface area contributed by atoms with Crippen LogP contribution in [-0.4, -0.2) is 23.4 Å². The largest absolute Gasteiger partial charge is 0.334 e. The number of thiophene rings is 1. The van der Waals surface area contributed by atoms with Crippen LogP contribution < -0.4 is 5.73 Å². The molecule has 0 bridgehead atoms. The Hall–Kier alpha value is -0.870. The summed E-state index contributed by atoms with van der Waals surface area (Å²) in [7, 11) is 0. The molecule has 1 unspecified atom stereocenters. The number of nitrogens with zero attached hydrogens (tertiary/aromatic N) is 1. The molecule has 2 aliphatic rings. The summed E-state index contributed by atoms with van der Waals surface area (Å²) >= 11 is 1.84. The minimum atomic E-state index is -0.313. The SMILES string of the molecule is CCC[C@@H](N)C(=O)N1CCc2sccc2C1C1CC1. The average Bonchev–Trinajstić information content (AvgIpc) is 3.13. The first-order chi connectivity index (χ1) is 9.22. The fourth-order valence-corrected chi connectivity index (χ4v) is 4.07. The second kappa shape index (κ2) is 5.25. The molecule has 1 fully saturated rings. The lowest BCUT2D eigenvalue weighted by Gasteiger charge is -2.37. The van der Waals surface area contributed by atoms with Crippen molar-refractivity contribution < 1.29 is 4.79 Å². The van der Waals surface area contributed by atoms with Gasteiger partial charge in [-0.2, -0.15) is 0 Å². The van der Waals surface area contributed by atoms with Crippen LogP contribution in [0.2, 0.25) is 0 Å². The van der Waals surface area contributed by atoms with E-state index in [1.54, 1.807) is 0 Å². The van der Waals surface area contributed by atoms with Crippen molar-refractivity contribution in [2.45, 2.75) is 51.1 Å². The highest BCUT2D eigenvalue weighted by Crippen LogP contribution is 2.48. The second-order valence-corrected chi connectivity index (χ2v) is 6.76. The summed E-state index contributed by atoms with van der Waals surface area (Å²) in [6.07, 6.45) is 5.28. The molecule has 3 rings (SSSR count). The van der Waals surface area contributed by atoms with Crippen molar-refractivity contribution in [3.8, 4) is 0 Å². The molecule has 2 heterocycles. The highest BCUT2D eigenvalue weighted by atomic mass is 32.1. The van der Waals surface area contributed by atoms with E-state index < -0.39 is 0 Å². The van der Waals surface area contributed by atoms with Crippen molar-refractivity contribution in [3.05, 3.63) is 21.9 Å². The third-order valence-corrected chi connectivity index (χ3v) is 5.28. The Bertz CT molecular complexity index is 466. The molecule has 1 aromatic heterocycles. The molecule has 3 nitrogen and oxygen atoms in total. The van der Waals surface area contributed by atoms with Crippen LogP contribution in [0.15, 0.2) is 11.4 Å². The number of fused-ring (bicyclic) bond motifs is 1. The van der Waals surface area contributed by atoms with Gasteiger partial charge in [-0.25, -0.2) is 0 Å². The molecule has 0 spiro atoms. The summed E-state index contributed by atoms with van der Waals surface area (Å²) in [4.78, 5) is 16.1. The first-order valence-corrected chi connectivity index (χ1v) is 8.22. The summed E-state index contributed by atoms with van der Waals surface area (Å²) < 4.78 is 0. The lowest BCUT2D eigenvalue weighted by Crippen LogP contribution is -2.48. The lowest BCUT2D eigenvalue weighted by atomic mass is 9.94. The summed E-state index contributed by atoms with van der Waals surface area (Å²) in [5.41, 5.74) is 7.45. The standard InChI is InChI=1S/C15H22N2OS/c1-2-3-12(16)15(18)17-8-6-13-11(7-9-19-13)14(17)10-4-5-10/h7,9-10,12,14H,2-6,8,16H2,1H3/t12-,14?/m1/s1. The summed E-state index contributed by atoms with van der Waals surface area (Å²) in [5, 5.41) is 2.17. The molecule has 1 amide bonds. The number of nitrogens with two attached hydrogens (primary N) is 1. The first kappa shape index (κ1) is 13.1. The number of carbonyl (C=O) groups is 1. The van der Waals surface area contributed by atoms with Crippen LogP contribution >= 0.6 is 11.3 Å². The van der Waals surface area contributed by atoms with Crippen molar-refractivity contribution in [1.29, 1.82) is 0 Å². The smallest absolute Gasteiger partial charge is 0.240 e. The van der Waals surface area contributed by atoms with Gasteiger partial charge >= 0.3 is 0 Å². The first-order valence-electron chi connectivity index (χ1n) is 7.34. The summed E-state index contributed by atoms with van der Waals surface area (Å²) in [5.74, 6) is 0.835. The monoisotopic (exact) mass is 278 g/mol. The van der Waals surface area contributed by atoms with Crippen molar-refractivity contribution >= 4 is 17.2 Å². The fourth-order valence-electron chi connectivity index (χ4n) is 3.16. The third kappa shape index (κ3) is 2.43. The Morgan fingerprint density at radius 2 is 2.37 bits per heavy atom. The van der Waals surface area contributed by atoms with E-state index in [0.29, 0.717) is 12.0 Å². The molecule has 1 aromatic rings. The Labute approximate surface area is 118 Å². The second-order valence-electron chi connectivity index (χ2n) is 5.76. The van der Waals surface area contributed by atoms with Crippen molar-refractivity contribution in [3.63, 3.8) is 0 Å². The highest BCUT2D eigenvalue weighted by molar-refractivity contribution is 7.10. The van der Waals surface area contributed by atoms with Crippen molar-refractivity contribution in [2.75, 3.05) is 6.54 Å². The Kier molecular flexibility index (Phi) is 3.63. The van der Waals surface area contributed by atoms with Crippen LogP contribution in [0.4, 0.5) is 0 Å². The average molecular weight is 278 g/mol. The number of hydrogen-bond acceptors (Lipinski definition) is 3. The molecule has 1 aliphatic carbocycles. The third-order valence-electron chi connectivity index (χ3n) is 4.28. The maximum Gasteiger partial charge on any atom is 0.240 e. The van der Waals surface area contributed by atoms with Crippen LogP contribution in [0.1, 0.15) is 49.1 Å². The zero-order valence-electron chi connectivity index (χ0n) is 11.5. The molecular formula is C15H22N2OS. The zero-order valence-corrected chi connectivity index (χ0v) is 12.3. The van der Waals surface area contributed by atoms with E-state index in [4.69, 9.17) is 5.73 Å². The lowest BCUT2D eigenvalue weighted by molar-refractivity contribution is -0.136. The van der Waals surface area contributed by atoms with Crippen molar-refractivity contribution in [1.82, 2.24) is 4.90 Å². The van der Waals surface area contributed by atoms with Gasteiger partial charge in [-0.05, 0) is 48.6 Å². The highest BCUT2D eigenvalue weighted by Gasteiger charge is 2.42. The van der Waals surface area contributed by atoms with E-state index >= 15 is 0 Å². The van der Waals surface area contributed by atoms with E-state index in [0.717, 1.165) is 25.8 Å². The van der Waals surface area contributed by atoms with E-state index in [2.05, 4.69) is 23.3 Å². The molecular weight excluding hydrogens is 256 g/mol. The molecule has 2 atom stereocenters. The molecule has 19 heavy (non-hydrogen) atoms. The number of rotatable bonds is 4. The number of carbonyl (C=O) groups excluding carboxylic acids is 1. The molecule has 0 radical (unpaired) electrons. The van der Waals surface area contributed by atoms with Crippen LogP contribution in [0.25, 0.3) is 0 Å². The fraction of sp³-hybridized carbons (Fsp3) is 0.667. The van der Waals surface area contributed by atoms with Crippen molar-refractivity contribution in [2.24, 2.45) is 11.7 Å². The van der Waals surface area contributed by atoms with Gasteiger partial charge in [-0.3, -0.25) is 4.79 Å². The van der Waals surface area contributed by atoms with Crippen LogP contribution in [0, 0.1) is 5.92 Å². The van der Waals surface area contributed by atoms with Crippen LogP contribution in [0.5, 0.6) is 0 Å². The van der Waals surface area contributed by atoms with Gasteiger partial charge in [0.1, 0.15) is 0 Å². The summed E-state index contributed by atoms with van der Waals surface area (Å²) in [6.45, 7) is 2.93.